The van der Waals surface area contributed by atoms with Crippen LogP contribution >= 0.6 is 11.6 Å². The maximum absolute atomic E-state index is 6.23. The Morgan fingerprint density at radius 2 is 2.21 bits per heavy atom. The number of rotatable bonds is 6. The molecule has 1 unspecified atom stereocenters. The van der Waals surface area contributed by atoms with E-state index in [0.29, 0.717) is 17.4 Å². The van der Waals surface area contributed by atoms with Gasteiger partial charge in [0.25, 0.3) is 0 Å². The van der Waals surface area contributed by atoms with Gasteiger partial charge in [-0.05, 0) is 43.3 Å². The van der Waals surface area contributed by atoms with Gasteiger partial charge in [-0.15, -0.1) is 0 Å². The zero-order valence-electron chi connectivity index (χ0n) is 11.2. The van der Waals surface area contributed by atoms with E-state index >= 15 is 0 Å². The summed E-state index contributed by atoms with van der Waals surface area (Å²) in [4.78, 5) is 0. The van der Waals surface area contributed by atoms with Gasteiger partial charge in [0.1, 0.15) is 18.1 Å². The van der Waals surface area contributed by atoms with Crippen molar-refractivity contribution in [2.45, 2.75) is 26.5 Å². The van der Waals surface area contributed by atoms with Gasteiger partial charge >= 0.3 is 0 Å². The SMILES string of the molecule is CCNC(C)c1ccc(OCc2ccco2)c(Cl)c1. The van der Waals surface area contributed by atoms with Crippen molar-refractivity contribution >= 4 is 11.6 Å². The molecule has 1 aromatic carbocycles. The fourth-order valence-electron chi connectivity index (χ4n) is 1.87. The van der Waals surface area contributed by atoms with Gasteiger partial charge in [0.2, 0.25) is 0 Å². The molecule has 1 N–H and O–H groups in total. The number of benzene rings is 1. The van der Waals surface area contributed by atoms with Gasteiger partial charge in [-0.1, -0.05) is 24.6 Å². The molecule has 0 aliphatic carbocycles. The largest absolute Gasteiger partial charge is 0.484 e. The van der Waals surface area contributed by atoms with Gasteiger partial charge in [0, 0.05) is 6.04 Å². The van der Waals surface area contributed by atoms with Crippen molar-refractivity contribution < 1.29 is 9.15 Å². The molecule has 0 aliphatic heterocycles. The number of hydrogen-bond acceptors (Lipinski definition) is 3. The summed E-state index contributed by atoms with van der Waals surface area (Å²) in [5.74, 6) is 1.45. The molecule has 0 spiro atoms. The Morgan fingerprint density at radius 3 is 2.84 bits per heavy atom. The highest BCUT2D eigenvalue weighted by Gasteiger charge is 2.08. The summed E-state index contributed by atoms with van der Waals surface area (Å²) in [6.07, 6.45) is 1.63. The molecule has 1 atom stereocenters. The van der Waals surface area contributed by atoms with E-state index in [1.807, 2.05) is 30.3 Å². The summed E-state index contributed by atoms with van der Waals surface area (Å²) in [6, 6.07) is 9.84. The summed E-state index contributed by atoms with van der Waals surface area (Å²) >= 11 is 6.23. The minimum Gasteiger partial charge on any atom is -0.484 e. The highest BCUT2D eigenvalue weighted by Crippen LogP contribution is 2.28. The van der Waals surface area contributed by atoms with Crippen molar-refractivity contribution in [2.75, 3.05) is 6.54 Å². The van der Waals surface area contributed by atoms with E-state index in [4.69, 9.17) is 20.8 Å². The smallest absolute Gasteiger partial charge is 0.146 e. The third-order valence-electron chi connectivity index (χ3n) is 2.92. The Kier molecular flexibility index (Phi) is 4.88. The minimum atomic E-state index is 0.279. The molecule has 0 fully saturated rings. The molecule has 102 valence electrons. The van der Waals surface area contributed by atoms with Crippen LogP contribution in [0.25, 0.3) is 0 Å². The summed E-state index contributed by atoms with van der Waals surface area (Å²) in [5, 5.41) is 3.97. The lowest BCUT2D eigenvalue weighted by Gasteiger charge is -2.14. The monoisotopic (exact) mass is 279 g/mol. The standard InChI is InChI=1S/C15H18ClNO2/c1-3-17-11(2)12-6-7-15(14(16)9-12)19-10-13-5-4-8-18-13/h4-9,11,17H,3,10H2,1-2H3. The Balaban J connectivity index is 2.02. The topological polar surface area (TPSA) is 34.4 Å². The highest BCUT2D eigenvalue weighted by atomic mass is 35.5. The second-order valence-electron chi connectivity index (χ2n) is 4.34. The van der Waals surface area contributed by atoms with Crippen molar-refractivity contribution in [1.29, 1.82) is 0 Å². The van der Waals surface area contributed by atoms with Crippen LogP contribution in [0.4, 0.5) is 0 Å². The first-order valence-electron chi connectivity index (χ1n) is 6.38. The van der Waals surface area contributed by atoms with E-state index in [2.05, 4.69) is 19.2 Å². The lowest BCUT2D eigenvalue weighted by molar-refractivity contribution is 0.270. The van der Waals surface area contributed by atoms with Gasteiger partial charge in [0.05, 0.1) is 11.3 Å². The normalized spacial score (nSPS) is 12.4. The van der Waals surface area contributed by atoms with E-state index in [9.17, 15) is 0 Å². The number of hydrogen-bond donors (Lipinski definition) is 1. The Morgan fingerprint density at radius 1 is 1.37 bits per heavy atom. The first-order valence-corrected chi connectivity index (χ1v) is 6.76. The molecule has 1 heterocycles. The summed E-state index contributed by atoms with van der Waals surface area (Å²) in [6.45, 7) is 5.50. The van der Waals surface area contributed by atoms with E-state index < -0.39 is 0 Å². The first kappa shape index (κ1) is 14.0. The number of nitrogens with one attached hydrogen (secondary N) is 1. The molecule has 2 rings (SSSR count). The molecule has 1 aromatic heterocycles. The molecule has 4 heteroatoms. The van der Waals surface area contributed by atoms with E-state index in [1.54, 1.807) is 6.26 Å². The Labute approximate surface area is 118 Å². The zero-order valence-corrected chi connectivity index (χ0v) is 11.9. The molecule has 0 saturated carbocycles. The molecule has 0 bridgehead atoms. The van der Waals surface area contributed by atoms with Crippen LogP contribution in [0.5, 0.6) is 5.75 Å². The fourth-order valence-corrected chi connectivity index (χ4v) is 2.11. The lowest BCUT2D eigenvalue weighted by atomic mass is 10.1. The first-order chi connectivity index (χ1) is 9.20. The number of ether oxygens (including phenoxy) is 1. The number of furan rings is 1. The average Bonchev–Trinajstić information content (AvgIpc) is 2.90. The molecule has 0 saturated heterocycles. The highest BCUT2D eigenvalue weighted by molar-refractivity contribution is 6.32. The second kappa shape index (κ2) is 6.64. The van der Waals surface area contributed by atoms with E-state index in [1.165, 1.54) is 0 Å². The van der Waals surface area contributed by atoms with E-state index in [-0.39, 0.29) is 6.04 Å². The van der Waals surface area contributed by atoms with Crippen LogP contribution in [0.3, 0.4) is 0 Å². The predicted octanol–water partition coefficient (Wildman–Crippen LogP) is 4.18. The molecule has 0 amide bonds. The molecule has 2 aromatic rings. The predicted molar refractivity (Wildman–Crippen MR) is 76.6 cm³/mol. The van der Waals surface area contributed by atoms with Crippen LogP contribution in [0.1, 0.15) is 31.2 Å². The van der Waals surface area contributed by atoms with Crippen molar-refractivity contribution in [3.8, 4) is 5.75 Å². The average molecular weight is 280 g/mol. The molecular weight excluding hydrogens is 262 g/mol. The van der Waals surface area contributed by atoms with Crippen LogP contribution in [-0.4, -0.2) is 6.54 Å². The van der Waals surface area contributed by atoms with Crippen molar-refractivity contribution in [3.63, 3.8) is 0 Å². The molecule has 19 heavy (non-hydrogen) atoms. The van der Waals surface area contributed by atoms with Crippen molar-refractivity contribution in [2.24, 2.45) is 0 Å². The summed E-state index contributed by atoms with van der Waals surface area (Å²) in [5.41, 5.74) is 1.15. The van der Waals surface area contributed by atoms with Crippen LogP contribution in [0, 0.1) is 0 Å². The molecular formula is C15H18ClNO2. The third kappa shape index (κ3) is 3.75. The van der Waals surface area contributed by atoms with Gasteiger partial charge in [-0.3, -0.25) is 0 Å². The Bertz CT molecular complexity index is 511. The van der Waals surface area contributed by atoms with Gasteiger partial charge in [-0.25, -0.2) is 0 Å². The number of halogens is 1. The third-order valence-corrected chi connectivity index (χ3v) is 3.21. The quantitative estimate of drug-likeness (QED) is 0.861. The summed E-state index contributed by atoms with van der Waals surface area (Å²) in [7, 11) is 0. The molecule has 0 radical (unpaired) electrons. The van der Waals surface area contributed by atoms with Crippen LogP contribution < -0.4 is 10.1 Å². The molecule has 3 nitrogen and oxygen atoms in total. The summed E-state index contributed by atoms with van der Waals surface area (Å²) < 4.78 is 10.8. The molecule has 0 aliphatic rings. The Hall–Kier alpha value is -1.45. The second-order valence-corrected chi connectivity index (χ2v) is 4.74. The van der Waals surface area contributed by atoms with Gasteiger partial charge < -0.3 is 14.5 Å². The fraction of sp³-hybridized carbons (Fsp3) is 0.333. The van der Waals surface area contributed by atoms with Gasteiger partial charge in [-0.2, -0.15) is 0 Å². The van der Waals surface area contributed by atoms with Crippen molar-refractivity contribution in [1.82, 2.24) is 5.32 Å². The van der Waals surface area contributed by atoms with Gasteiger partial charge in [0.15, 0.2) is 0 Å². The van der Waals surface area contributed by atoms with Crippen LogP contribution in [0.15, 0.2) is 41.0 Å². The van der Waals surface area contributed by atoms with Crippen molar-refractivity contribution in [3.05, 3.63) is 52.9 Å². The maximum Gasteiger partial charge on any atom is 0.146 e. The zero-order chi connectivity index (χ0) is 13.7. The van der Waals surface area contributed by atoms with Crippen LogP contribution in [0.2, 0.25) is 5.02 Å². The van der Waals surface area contributed by atoms with E-state index in [0.717, 1.165) is 17.9 Å². The lowest BCUT2D eigenvalue weighted by Crippen LogP contribution is -2.17. The minimum absolute atomic E-state index is 0.279. The maximum atomic E-state index is 6.23. The van der Waals surface area contributed by atoms with Crippen LogP contribution in [-0.2, 0) is 6.61 Å².